The highest BCUT2D eigenvalue weighted by atomic mass is 35.5. The second-order valence-electron chi connectivity index (χ2n) is 4.83. The zero-order valence-electron chi connectivity index (χ0n) is 11.9. The Kier molecular flexibility index (Phi) is 7.41. The van der Waals surface area contributed by atoms with Gasteiger partial charge in [0, 0.05) is 26.6 Å². The van der Waals surface area contributed by atoms with Gasteiger partial charge in [-0.3, -0.25) is 0 Å². The van der Waals surface area contributed by atoms with Crippen LogP contribution < -0.4 is 5.32 Å². The SMILES string of the molecule is CCCNC(CSc1ccc(Cl)cc1)Cc1ccc(Cl)s1. The maximum atomic E-state index is 6.02. The van der Waals surface area contributed by atoms with Gasteiger partial charge in [-0.25, -0.2) is 0 Å². The summed E-state index contributed by atoms with van der Waals surface area (Å²) in [5.74, 6) is 1.04. The fraction of sp³-hybridized carbons (Fsp3) is 0.375. The number of benzene rings is 1. The van der Waals surface area contributed by atoms with E-state index in [9.17, 15) is 0 Å². The molecule has 114 valence electrons. The molecule has 0 saturated carbocycles. The first-order valence-electron chi connectivity index (χ1n) is 7.03. The van der Waals surface area contributed by atoms with Gasteiger partial charge < -0.3 is 5.32 Å². The molecule has 0 aliphatic carbocycles. The van der Waals surface area contributed by atoms with Crippen LogP contribution in [0.1, 0.15) is 18.2 Å². The summed E-state index contributed by atoms with van der Waals surface area (Å²) in [7, 11) is 0. The number of nitrogens with one attached hydrogen (secondary N) is 1. The maximum Gasteiger partial charge on any atom is 0.0931 e. The van der Waals surface area contributed by atoms with Gasteiger partial charge in [0.25, 0.3) is 0 Å². The Labute approximate surface area is 145 Å². The summed E-state index contributed by atoms with van der Waals surface area (Å²) in [4.78, 5) is 2.59. The predicted octanol–water partition coefficient (Wildman–Crippen LogP) is 5.76. The smallest absolute Gasteiger partial charge is 0.0931 e. The molecular formula is C16H19Cl2NS2. The van der Waals surface area contributed by atoms with Gasteiger partial charge >= 0.3 is 0 Å². The van der Waals surface area contributed by atoms with Gasteiger partial charge in [-0.15, -0.1) is 23.1 Å². The highest BCUT2D eigenvalue weighted by molar-refractivity contribution is 7.99. The molecule has 1 aromatic heterocycles. The van der Waals surface area contributed by atoms with Gasteiger partial charge in [0.05, 0.1) is 4.34 Å². The molecule has 1 heterocycles. The van der Waals surface area contributed by atoms with Crippen molar-refractivity contribution in [2.24, 2.45) is 0 Å². The second kappa shape index (κ2) is 9.06. The van der Waals surface area contributed by atoms with Crippen molar-refractivity contribution in [2.75, 3.05) is 12.3 Å². The van der Waals surface area contributed by atoms with E-state index in [2.05, 4.69) is 30.4 Å². The van der Waals surface area contributed by atoms with Gasteiger partial charge in [-0.1, -0.05) is 30.1 Å². The van der Waals surface area contributed by atoms with Crippen LogP contribution in [0, 0.1) is 0 Å². The van der Waals surface area contributed by atoms with Crippen LogP contribution in [0.25, 0.3) is 0 Å². The van der Waals surface area contributed by atoms with Crippen LogP contribution in [-0.2, 0) is 6.42 Å². The van der Waals surface area contributed by atoms with Crippen molar-refractivity contribution < 1.29 is 0 Å². The molecule has 1 nitrogen and oxygen atoms in total. The summed E-state index contributed by atoms with van der Waals surface area (Å²) in [6, 6.07) is 12.6. The standard InChI is InChI=1S/C16H19Cl2NS2/c1-2-9-19-13(10-15-7-8-16(18)21-15)11-20-14-5-3-12(17)4-6-14/h3-8,13,19H,2,9-11H2,1H3. The normalized spacial score (nSPS) is 12.5. The molecule has 0 aliphatic heterocycles. The van der Waals surface area contributed by atoms with Crippen molar-refractivity contribution in [3.05, 3.63) is 50.6 Å². The lowest BCUT2D eigenvalue weighted by molar-refractivity contribution is 0.553. The molecule has 2 aromatic rings. The molecule has 1 atom stereocenters. The lowest BCUT2D eigenvalue weighted by Gasteiger charge is -2.17. The zero-order chi connectivity index (χ0) is 15.1. The van der Waals surface area contributed by atoms with Gasteiger partial charge in [0.15, 0.2) is 0 Å². The van der Waals surface area contributed by atoms with E-state index in [1.165, 1.54) is 9.77 Å². The van der Waals surface area contributed by atoms with Crippen LogP contribution >= 0.6 is 46.3 Å². The molecule has 5 heteroatoms. The van der Waals surface area contributed by atoms with E-state index < -0.39 is 0 Å². The molecule has 21 heavy (non-hydrogen) atoms. The summed E-state index contributed by atoms with van der Waals surface area (Å²) in [5.41, 5.74) is 0. The molecule has 0 fully saturated rings. The first kappa shape index (κ1) is 17.2. The monoisotopic (exact) mass is 359 g/mol. The number of halogens is 2. The molecule has 0 radical (unpaired) electrons. The lowest BCUT2D eigenvalue weighted by Crippen LogP contribution is -2.33. The molecule has 0 saturated heterocycles. The Morgan fingerprint density at radius 3 is 2.52 bits per heavy atom. The maximum absolute atomic E-state index is 6.02. The first-order chi connectivity index (χ1) is 10.2. The van der Waals surface area contributed by atoms with Gasteiger partial charge in [-0.2, -0.15) is 0 Å². The minimum atomic E-state index is 0.459. The van der Waals surface area contributed by atoms with Crippen LogP contribution in [0.2, 0.25) is 9.36 Å². The Bertz CT molecular complexity index is 539. The largest absolute Gasteiger partial charge is 0.313 e. The summed E-state index contributed by atoms with van der Waals surface area (Å²) in [6.45, 7) is 3.24. The van der Waals surface area contributed by atoms with E-state index in [-0.39, 0.29) is 0 Å². The van der Waals surface area contributed by atoms with Crippen LogP contribution in [0.15, 0.2) is 41.3 Å². The highest BCUT2D eigenvalue weighted by Gasteiger charge is 2.11. The quantitative estimate of drug-likeness (QED) is 0.601. The fourth-order valence-corrected chi connectivity index (χ4v) is 4.22. The van der Waals surface area contributed by atoms with Gasteiger partial charge in [0.2, 0.25) is 0 Å². The van der Waals surface area contributed by atoms with E-state index in [0.29, 0.717) is 6.04 Å². The van der Waals surface area contributed by atoms with Crippen LogP contribution in [0.5, 0.6) is 0 Å². The summed E-state index contributed by atoms with van der Waals surface area (Å²) < 4.78 is 0.865. The molecule has 1 N–H and O–H groups in total. The number of hydrogen-bond donors (Lipinski definition) is 1. The first-order valence-corrected chi connectivity index (χ1v) is 9.59. The topological polar surface area (TPSA) is 12.0 Å². The fourth-order valence-electron chi connectivity index (χ4n) is 1.97. The van der Waals surface area contributed by atoms with Crippen molar-refractivity contribution in [3.8, 4) is 0 Å². The number of hydrogen-bond acceptors (Lipinski definition) is 3. The molecule has 0 bridgehead atoms. The van der Waals surface area contributed by atoms with Crippen molar-refractivity contribution in [3.63, 3.8) is 0 Å². The van der Waals surface area contributed by atoms with Crippen molar-refractivity contribution >= 4 is 46.3 Å². The highest BCUT2D eigenvalue weighted by Crippen LogP contribution is 2.25. The minimum absolute atomic E-state index is 0.459. The Hall–Kier alpha value is -0.190. The molecule has 1 aromatic carbocycles. The van der Waals surface area contributed by atoms with E-state index in [0.717, 1.165) is 34.5 Å². The number of thiophene rings is 1. The number of rotatable bonds is 8. The van der Waals surface area contributed by atoms with Crippen molar-refractivity contribution in [1.82, 2.24) is 5.32 Å². The molecule has 0 aliphatic rings. The van der Waals surface area contributed by atoms with Crippen LogP contribution in [-0.4, -0.2) is 18.3 Å². The van der Waals surface area contributed by atoms with Crippen LogP contribution in [0.4, 0.5) is 0 Å². The molecule has 2 rings (SSSR count). The Morgan fingerprint density at radius 1 is 1.14 bits per heavy atom. The third-order valence-corrected chi connectivity index (χ3v) is 5.70. The zero-order valence-corrected chi connectivity index (χ0v) is 15.1. The average Bonchev–Trinajstić information content (AvgIpc) is 2.89. The Balaban J connectivity index is 1.90. The Morgan fingerprint density at radius 2 is 1.90 bits per heavy atom. The van der Waals surface area contributed by atoms with Crippen molar-refractivity contribution in [1.29, 1.82) is 0 Å². The average molecular weight is 360 g/mol. The molecule has 0 amide bonds. The molecule has 1 unspecified atom stereocenters. The van der Waals surface area contributed by atoms with Crippen molar-refractivity contribution in [2.45, 2.75) is 30.7 Å². The summed E-state index contributed by atoms with van der Waals surface area (Å²) >= 11 is 15.5. The van der Waals surface area contributed by atoms with E-state index in [1.807, 2.05) is 30.0 Å². The van der Waals surface area contributed by atoms with E-state index in [4.69, 9.17) is 23.2 Å². The third kappa shape index (κ3) is 6.21. The predicted molar refractivity (Wildman–Crippen MR) is 97.3 cm³/mol. The third-order valence-electron chi connectivity index (χ3n) is 3.02. The van der Waals surface area contributed by atoms with Gasteiger partial charge in [0.1, 0.15) is 0 Å². The molecule has 0 spiro atoms. The number of thioether (sulfide) groups is 1. The second-order valence-corrected chi connectivity index (χ2v) is 8.16. The summed E-state index contributed by atoms with van der Waals surface area (Å²) in [6.07, 6.45) is 2.17. The summed E-state index contributed by atoms with van der Waals surface area (Å²) in [5, 5.41) is 4.41. The van der Waals surface area contributed by atoms with Gasteiger partial charge in [-0.05, 0) is 55.8 Å². The van der Waals surface area contributed by atoms with E-state index >= 15 is 0 Å². The van der Waals surface area contributed by atoms with Crippen LogP contribution in [0.3, 0.4) is 0 Å². The minimum Gasteiger partial charge on any atom is -0.313 e. The lowest BCUT2D eigenvalue weighted by atomic mass is 10.2. The van der Waals surface area contributed by atoms with E-state index in [1.54, 1.807) is 11.3 Å². The molecular weight excluding hydrogens is 341 g/mol.